The summed E-state index contributed by atoms with van der Waals surface area (Å²) < 4.78 is 0. The highest BCUT2D eigenvalue weighted by Crippen LogP contribution is 2.18. The van der Waals surface area contributed by atoms with Crippen LogP contribution < -0.4 is 16.4 Å². The molecule has 0 aliphatic rings. The average Bonchev–Trinajstić information content (AvgIpc) is 2.74. The van der Waals surface area contributed by atoms with E-state index in [-0.39, 0.29) is 18.4 Å². The molecule has 0 aliphatic carbocycles. The van der Waals surface area contributed by atoms with Crippen LogP contribution in [0.2, 0.25) is 0 Å². The van der Waals surface area contributed by atoms with Gasteiger partial charge in [0.1, 0.15) is 6.04 Å². The number of amides is 2. The zero-order chi connectivity index (χ0) is 19.8. The van der Waals surface area contributed by atoms with Gasteiger partial charge in [0, 0.05) is 25.4 Å². The number of nitrogens with one attached hydrogen (secondary N) is 2. The molecule has 2 aromatic carbocycles. The van der Waals surface area contributed by atoms with Crippen molar-refractivity contribution >= 4 is 22.6 Å². The van der Waals surface area contributed by atoms with Crippen LogP contribution in [0, 0.1) is 0 Å². The molecule has 0 aliphatic heterocycles. The molecule has 28 heavy (non-hydrogen) atoms. The fraction of sp³-hybridized carbons (Fsp3) is 0.227. The van der Waals surface area contributed by atoms with Crippen LogP contribution >= 0.6 is 0 Å². The van der Waals surface area contributed by atoms with Crippen LogP contribution in [0.3, 0.4) is 0 Å². The molecule has 3 rings (SSSR count). The predicted molar refractivity (Wildman–Crippen MR) is 110 cm³/mol. The summed E-state index contributed by atoms with van der Waals surface area (Å²) in [5.74, 6) is -0.581. The molecule has 0 spiro atoms. The minimum Gasteiger partial charge on any atom is -0.354 e. The molecule has 3 aromatic rings. The molecule has 1 aromatic heterocycles. The number of hydrogen-bond donors (Lipinski definition) is 3. The smallest absolute Gasteiger partial charge is 0.242 e. The van der Waals surface area contributed by atoms with Crippen molar-refractivity contribution in [3.8, 4) is 0 Å². The highest BCUT2D eigenvalue weighted by Gasteiger charge is 2.20. The molecule has 6 heteroatoms. The van der Waals surface area contributed by atoms with E-state index in [4.69, 9.17) is 5.73 Å². The van der Waals surface area contributed by atoms with Gasteiger partial charge in [0.2, 0.25) is 11.8 Å². The zero-order valence-corrected chi connectivity index (χ0v) is 15.6. The number of nitrogens with zero attached hydrogens (tertiary/aromatic N) is 1. The van der Waals surface area contributed by atoms with Crippen LogP contribution in [-0.2, 0) is 22.4 Å². The number of carbonyl (C=O) groups excluding carboxylic acids is 2. The van der Waals surface area contributed by atoms with E-state index in [2.05, 4.69) is 39.9 Å². The minimum atomic E-state index is -0.675. The van der Waals surface area contributed by atoms with Crippen LogP contribution in [0.4, 0.5) is 0 Å². The van der Waals surface area contributed by atoms with Crippen molar-refractivity contribution in [1.29, 1.82) is 0 Å². The van der Waals surface area contributed by atoms with Crippen molar-refractivity contribution in [3.63, 3.8) is 0 Å². The second-order valence-electron chi connectivity index (χ2n) is 6.56. The quantitative estimate of drug-likeness (QED) is 0.556. The number of pyridine rings is 1. The second kappa shape index (κ2) is 9.62. The summed E-state index contributed by atoms with van der Waals surface area (Å²) >= 11 is 0. The molecule has 0 unspecified atom stereocenters. The van der Waals surface area contributed by atoms with Gasteiger partial charge in [-0.2, -0.15) is 0 Å². The maximum atomic E-state index is 12.7. The van der Waals surface area contributed by atoms with E-state index in [0.717, 1.165) is 5.56 Å². The third kappa shape index (κ3) is 5.14. The largest absolute Gasteiger partial charge is 0.354 e. The number of hydrogen-bond acceptors (Lipinski definition) is 4. The van der Waals surface area contributed by atoms with E-state index in [1.807, 2.05) is 30.3 Å². The predicted octanol–water partition coefficient (Wildman–Crippen LogP) is 1.58. The summed E-state index contributed by atoms with van der Waals surface area (Å²) in [5.41, 5.74) is 7.48. The summed E-state index contributed by atoms with van der Waals surface area (Å²) in [7, 11) is 0. The molecule has 0 fully saturated rings. The van der Waals surface area contributed by atoms with E-state index in [1.165, 1.54) is 16.3 Å². The van der Waals surface area contributed by atoms with E-state index in [0.29, 0.717) is 19.4 Å². The number of aromatic nitrogens is 1. The minimum absolute atomic E-state index is 0.157. The lowest BCUT2D eigenvalue weighted by atomic mass is 10.0. The molecule has 0 radical (unpaired) electrons. The normalized spacial score (nSPS) is 11.8. The number of carbonyl (C=O) groups is 2. The molecule has 1 atom stereocenters. The first kappa shape index (κ1) is 19.5. The van der Waals surface area contributed by atoms with Gasteiger partial charge in [-0.25, -0.2) is 0 Å². The van der Waals surface area contributed by atoms with Gasteiger partial charge < -0.3 is 16.4 Å². The Labute approximate surface area is 164 Å². The van der Waals surface area contributed by atoms with Crippen molar-refractivity contribution in [2.24, 2.45) is 5.73 Å². The van der Waals surface area contributed by atoms with Crippen molar-refractivity contribution < 1.29 is 9.59 Å². The number of rotatable bonds is 8. The van der Waals surface area contributed by atoms with Gasteiger partial charge in [0.25, 0.3) is 0 Å². The van der Waals surface area contributed by atoms with E-state index >= 15 is 0 Å². The van der Waals surface area contributed by atoms with E-state index < -0.39 is 6.04 Å². The number of nitrogens with two attached hydrogens (primary N) is 1. The SMILES string of the molecule is NCC(=O)N[C@@H](Cc1ccncc1)C(=O)NCCc1cccc2ccccc12. The maximum absolute atomic E-state index is 12.7. The Balaban J connectivity index is 1.63. The lowest BCUT2D eigenvalue weighted by Crippen LogP contribution is -2.50. The van der Waals surface area contributed by atoms with Gasteiger partial charge in [0.05, 0.1) is 6.54 Å². The highest BCUT2D eigenvalue weighted by atomic mass is 16.2. The Morgan fingerprint density at radius 3 is 2.54 bits per heavy atom. The van der Waals surface area contributed by atoms with Crippen molar-refractivity contribution in [2.75, 3.05) is 13.1 Å². The second-order valence-corrected chi connectivity index (χ2v) is 6.56. The fourth-order valence-corrected chi connectivity index (χ4v) is 3.17. The van der Waals surface area contributed by atoms with Crippen LogP contribution in [0.15, 0.2) is 67.0 Å². The molecule has 0 bridgehead atoms. The van der Waals surface area contributed by atoms with E-state index in [1.54, 1.807) is 12.4 Å². The molecule has 0 saturated heterocycles. The van der Waals surface area contributed by atoms with Gasteiger partial charge in [-0.15, -0.1) is 0 Å². The lowest BCUT2D eigenvalue weighted by molar-refractivity contribution is -0.128. The Morgan fingerprint density at radius 2 is 1.75 bits per heavy atom. The Kier molecular flexibility index (Phi) is 6.70. The molecule has 2 amide bonds. The summed E-state index contributed by atoms with van der Waals surface area (Å²) in [6.07, 6.45) is 4.42. The van der Waals surface area contributed by atoms with Gasteiger partial charge in [-0.3, -0.25) is 14.6 Å². The Bertz CT molecular complexity index is 938. The van der Waals surface area contributed by atoms with Gasteiger partial charge in [-0.05, 0) is 40.5 Å². The first-order valence-corrected chi connectivity index (χ1v) is 9.30. The first-order valence-electron chi connectivity index (χ1n) is 9.30. The van der Waals surface area contributed by atoms with E-state index in [9.17, 15) is 9.59 Å². The monoisotopic (exact) mass is 376 g/mol. The third-order valence-corrected chi connectivity index (χ3v) is 4.60. The number of benzene rings is 2. The van der Waals surface area contributed by atoms with Crippen LogP contribution in [-0.4, -0.2) is 35.9 Å². The first-order chi connectivity index (χ1) is 13.7. The van der Waals surface area contributed by atoms with Crippen LogP contribution in [0.5, 0.6) is 0 Å². The van der Waals surface area contributed by atoms with Gasteiger partial charge >= 0.3 is 0 Å². The molecule has 1 heterocycles. The Morgan fingerprint density at radius 1 is 1.00 bits per heavy atom. The molecule has 0 saturated carbocycles. The third-order valence-electron chi connectivity index (χ3n) is 4.60. The number of fused-ring (bicyclic) bond motifs is 1. The summed E-state index contributed by atoms with van der Waals surface area (Å²) in [6.45, 7) is 0.328. The molecular weight excluding hydrogens is 352 g/mol. The zero-order valence-electron chi connectivity index (χ0n) is 15.6. The molecular formula is C22H24N4O2. The van der Waals surface area contributed by atoms with Gasteiger partial charge in [0.15, 0.2) is 0 Å². The molecule has 6 nitrogen and oxygen atoms in total. The molecule has 4 N–H and O–H groups in total. The van der Waals surface area contributed by atoms with Crippen LogP contribution in [0.25, 0.3) is 10.8 Å². The standard InChI is InChI=1S/C22H24N4O2/c23-15-21(27)26-20(14-16-8-11-24-12-9-16)22(28)25-13-10-18-6-3-5-17-4-1-2-7-19(17)18/h1-9,11-12,20H,10,13-15,23H2,(H,25,28)(H,26,27)/t20-/m0/s1. The summed E-state index contributed by atoms with van der Waals surface area (Å²) in [5, 5.41) is 7.99. The molecule has 144 valence electrons. The average molecular weight is 376 g/mol. The maximum Gasteiger partial charge on any atom is 0.242 e. The van der Waals surface area contributed by atoms with Crippen molar-refractivity contribution in [3.05, 3.63) is 78.1 Å². The van der Waals surface area contributed by atoms with Crippen molar-refractivity contribution in [1.82, 2.24) is 15.6 Å². The van der Waals surface area contributed by atoms with Gasteiger partial charge in [-0.1, -0.05) is 42.5 Å². The van der Waals surface area contributed by atoms with Crippen molar-refractivity contribution in [2.45, 2.75) is 18.9 Å². The lowest BCUT2D eigenvalue weighted by Gasteiger charge is -2.18. The topological polar surface area (TPSA) is 97.1 Å². The highest BCUT2D eigenvalue weighted by molar-refractivity contribution is 5.89. The Hall–Kier alpha value is -3.25. The summed E-state index contributed by atoms with van der Waals surface area (Å²) in [4.78, 5) is 28.4. The van der Waals surface area contributed by atoms with Crippen LogP contribution in [0.1, 0.15) is 11.1 Å². The summed E-state index contributed by atoms with van der Waals surface area (Å²) in [6, 6.07) is 17.3. The fourth-order valence-electron chi connectivity index (χ4n) is 3.17.